The third-order valence-electron chi connectivity index (χ3n) is 13.2. The number of rotatable bonds is 6. The number of nitrogens with zero attached hydrogens (tertiary/aromatic N) is 1. The fraction of sp³-hybridized carbons (Fsp3) is 0. The lowest BCUT2D eigenvalue weighted by atomic mass is 9.84. The fourth-order valence-electron chi connectivity index (χ4n) is 10.3. The van der Waals surface area contributed by atoms with Crippen LogP contribution < -0.4 is 4.90 Å². The van der Waals surface area contributed by atoms with E-state index < -0.39 is 0 Å². The van der Waals surface area contributed by atoms with Gasteiger partial charge in [0.25, 0.3) is 0 Å². The van der Waals surface area contributed by atoms with Crippen LogP contribution in [0.1, 0.15) is 0 Å². The van der Waals surface area contributed by atoms with E-state index in [1.807, 2.05) is 0 Å². The monoisotopic (exact) mass is 813 g/mol. The van der Waals surface area contributed by atoms with E-state index >= 15 is 0 Å². The minimum atomic E-state index is 0.878. The molecule has 0 radical (unpaired) electrons. The first kappa shape index (κ1) is 36.2. The van der Waals surface area contributed by atoms with Crippen molar-refractivity contribution in [1.29, 1.82) is 0 Å². The van der Waals surface area contributed by atoms with E-state index in [2.05, 4.69) is 241 Å². The van der Waals surface area contributed by atoms with Gasteiger partial charge >= 0.3 is 0 Å². The second kappa shape index (κ2) is 14.6. The molecule has 0 saturated heterocycles. The quantitative estimate of drug-likeness (QED) is 0.156. The molecule has 0 aliphatic rings. The molecule has 2 heteroatoms. The number of anilines is 3. The first-order chi connectivity index (χ1) is 31.7. The summed E-state index contributed by atoms with van der Waals surface area (Å²) in [5.41, 5.74) is 12.3. The molecule has 1 heterocycles. The normalized spacial score (nSPS) is 11.8. The average Bonchev–Trinajstić information content (AvgIpc) is 3.75. The zero-order valence-corrected chi connectivity index (χ0v) is 34.9. The topological polar surface area (TPSA) is 16.4 Å². The molecule has 0 saturated carbocycles. The summed E-state index contributed by atoms with van der Waals surface area (Å²) in [5.74, 6) is 0. The van der Waals surface area contributed by atoms with Crippen molar-refractivity contribution in [2.45, 2.75) is 0 Å². The van der Waals surface area contributed by atoms with Gasteiger partial charge in [-0.2, -0.15) is 0 Å². The second-order valence-electron chi connectivity index (χ2n) is 16.8. The number of fused-ring (bicyclic) bond motifs is 11. The predicted molar refractivity (Wildman–Crippen MR) is 272 cm³/mol. The lowest BCUT2D eigenvalue weighted by molar-refractivity contribution is 0.672. The highest BCUT2D eigenvalue weighted by Crippen LogP contribution is 2.47. The molecule has 0 fully saturated rings. The summed E-state index contributed by atoms with van der Waals surface area (Å²) in [5, 5.41) is 14.4. The van der Waals surface area contributed by atoms with Crippen LogP contribution in [0.25, 0.3) is 109 Å². The molecule has 64 heavy (non-hydrogen) atoms. The Morgan fingerprint density at radius 1 is 0.266 bits per heavy atom. The lowest BCUT2D eigenvalue weighted by Gasteiger charge is -2.28. The number of furan rings is 1. The van der Waals surface area contributed by atoms with Crippen LogP contribution in [0.2, 0.25) is 0 Å². The van der Waals surface area contributed by atoms with E-state index in [-0.39, 0.29) is 0 Å². The van der Waals surface area contributed by atoms with Gasteiger partial charge in [0.15, 0.2) is 0 Å². The van der Waals surface area contributed by atoms with Gasteiger partial charge in [0, 0.05) is 32.9 Å². The zero-order chi connectivity index (χ0) is 42.1. The van der Waals surface area contributed by atoms with Crippen LogP contribution in [0.3, 0.4) is 0 Å². The summed E-state index contributed by atoms with van der Waals surface area (Å²) in [6.07, 6.45) is 0. The largest absolute Gasteiger partial charge is 0.455 e. The Kier molecular flexibility index (Phi) is 8.25. The highest BCUT2D eigenvalue weighted by molar-refractivity contribution is 6.22. The minimum Gasteiger partial charge on any atom is -0.455 e. The molecule has 0 spiro atoms. The third kappa shape index (κ3) is 5.73. The fourth-order valence-corrected chi connectivity index (χ4v) is 10.3. The van der Waals surface area contributed by atoms with E-state index in [0.717, 1.165) is 50.0 Å². The standard InChI is InChI=1S/C62H39NO/c1-3-16-42(17-4-1)60-54-26-14-12-24-51(54)52-34-30-44(37-57(52)61(60)43-18-5-2-6-19-43)40-27-31-46(32-28-40)63(58-38-45-20-8-9-21-48(45)50-23-11-13-25-53(50)58)47-33-36-59-56(39-47)55-35-29-41-15-7-10-22-49(41)62(55)64-59/h1-39H. The van der Waals surface area contributed by atoms with Gasteiger partial charge in [-0.15, -0.1) is 0 Å². The van der Waals surface area contributed by atoms with Crippen LogP contribution in [0.5, 0.6) is 0 Å². The molecule has 2 nitrogen and oxygen atoms in total. The summed E-state index contributed by atoms with van der Waals surface area (Å²) in [4.78, 5) is 2.42. The van der Waals surface area contributed by atoms with Gasteiger partial charge in [-0.1, -0.05) is 188 Å². The molecular formula is C62H39NO. The van der Waals surface area contributed by atoms with E-state index in [9.17, 15) is 0 Å². The van der Waals surface area contributed by atoms with Crippen LogP contribution in [0.15, 0.2) is 241 Å². The predicted octanol–water partition coefficient (Wildman–Crippen LogP) is 17.8. The van der Waals surface area contributed by atoms with Crippen LogP contribution in [-0.4, -0.2) is 0 Å². The average molecular weight is 814 g/mol. The van der Waals surface area contributed by atoms with E-state index in [4.69, 9.17) is 4.42 Å². The molecule has 12 aromatic carbocycles. The molecule has 0 bridgehead atoms. The van der Waals surface area contributed by atoms with Gasteiger partial charge in [0.2, 0.25) is 0 Å². The number of benzene rings is 12. The molecule has 0 aliphatic heterocycles. The molecular weight excluding hydrogens is 775 g/mol. The van der Waals surface area contributed by atoms with Crippen molar-refractivity contribution >= 4 is 92.9 Å². The van der Waals surface area contributed by atoms with Crippen molar-refractivity contribution in [3.8, 4) is 33.4 Å². The van der Waals surface area contributed by atoms with Crippen molar-refractivity contribution in [3.63, 3.8) is 0 Å². The van der Waals surface area contributed by atoms with Gasteiger partial charge < -0.3 is 9.32 Å². The highest BCUT2D eigenvalue weighted by atomic mass is 16.3. The molecule has 0 amide bonds. The summed E-state index contributed by atoms with van der Waals surface area (Å²) >= 11 is 0. The third-order valence-corrected chi connectivity index (χ3v) is 13.2. The van der Waals surface area contributed by atoms with Gasteiger partial charge in [-0.3, -0.25) is 0 Å². The van der Waals surface area contributed by atoms with Crippen LogP contribution >= 0.6 is 0 Å². The zero-order valence-electron chi connectivity index (χ0n) is 34.9. The Morgan fingerprint density at radius 3 is 1.53 bits per heavy atom. The SMILES string of the molecule is c1ccc(-c2c(-c3ccccc3)c3cc(-c4ccc(N(c5ccc6oc7c8ccccc8ccc7c6c5)c5cc6ccccc6c6ccccc56)cc4)ccc3c3ccccc23)cc1. The Bertz CT molecular complexity index is 3940. The maximum atomic E-state index is 6.61. The molecule has 0 atom stereocenters. The van der Waals surface area contributed by atoms with Crippen molar-refractivity contribution in [2.75, 3.05) is 4.90 Å². The van der Waals surface area contributed by atoms with Crippen molar-refractivity contribution in [3.05, 3.63) is 237 Å². The molecule has 1 aromatic heterocycles. The smallest absolute Gasteiger partial charge is 0.143 e. The summed E-state index contributed by atoms with van der Waals surface area (Å²) in [6, 6.07) is 86.1. The summed E-state index contributed by atoms with van der Waals surface area (Å²) in [7, 11) is 0. The van der Waals surface area contributed by atoms with Crippen molar-refractivity contribution in [1.82, 2.24) is 0 Å². The minimum absolute atomic E-state index is 0.878. The molecule has 0 unspecified atom stereocenters. The first-order valence-electron chi connectivity index (χ1n) is 22.0. The Morgan fingerprint density at radius 2 is 0.797 bits per heavy atom. The molecule has 0 N–H and O–H groups in total. The van der Waals surface area contributed by atoms with Crippen LogP contribution in [-0.2, 0) is 0 Å². The Labute approximate surface area is 370 Å². The molecule has 298 valence electrons. The van der Waals surface area contributed by atoms with E-state index in [0.29, 0.717) is 0 Å². The first-order valence-corrected chi connectivity index (χ1v) is 22.0. The van der Waals surface area contributed by atoms with Gasteiger partial charge in [-0.25, -0.2) is 0 Å². The maximum absolute atomic E-state index is 6.61. The summed E-state index contributed by atoms with van der Waals surface area (Å²) < 4.78 is 6.61. The lowest BCUT2D eigenvalue weighted by Crippen LogP contribution is -2.10. The Hall–Kier alpha value is -8.46. The number of hydrogen-bond acceptors (Lipinski definition) is 2. The number of hydrogen-bond donors (Lipinski definition) is 0. The van der Waals surface area contributed by atoms with Crippen LogP contribution in [0, 0.1) is 0 Å². The van der Waals surface area contributed by atoms with E-state index in [1.54, 1.807) is 0 Å². The second-order valence-corrected chi connectivity index (χ2v) is 16.8. The molecule has 13 rings (SSSR count). The highest BCUT2D eigenvalue weighted by Gasteiger charge is 2.21. The Balaban J connectivity index is 1.01. The van der Waals surface area contributed by atoms with E-state index in [1.165, 1.54) is 76.3 Å². The van der Waals surface area contributed by atoms with Gasteiger partial charge in [0.05, 0.1) is 5.69 Å². The summed E-state index contributed by atoms with van der Waals surface area (Å²) in [6.45, 7) is 0. The van der Waals surface area contributed by atoms with Crippen molar-refractivity contribution < 1.29 is 4.42 Å². The van der Waals surface area contributed by atoms with Gasteiger partial charge in [0.1, 0.15) is 11.2 Å². The maximum Gasteiger partial charge on any atom is 0.143 e. The van der Waals surface area contributed by atoms with Crippen molar-refractivity contribution in [2.24, 2.45) is 0 Å². The molecule has 0 aliphatic carbocycles. The van der Waals surface area contributed by atoms with Gasteiger partial charge in [-0.05, 0) is 125 Å². The molecule has 13 aromatic rings. The van der Waals surface area contributed by atoms with Crippen LogP contribution in [0.4, 0.5) is 17.1 Å².